The summed E-state index contributed by atoms with van der Waals surface area (Å²) in [4.78, 5) is 23.6. The Morgan fingerprint density at radius 3 is 2.58 bits per heavy atom. The molecule has 4 heteroatoms. The van der Waals surface area contributed by atoms with Crippen molar-refractivity contribution in [3.8, 4) is 0 Å². The van der Waals surface area contributed by atoms with E-state index in [0.717, 1.165) is 16.3 Å². The molecule has 0 radical (unpaired) electrons. The van der Waals surface area contributed by atoms with Gasteiger partial charge in [0.15, 0.2) is 0 Å². The Bertz CT molecular complexity index is 634. The lowest BCUT2D eigenvalue weighted by Crippen LogP contribution is -2.19. The largest absolute Gasteiger partial charge is 0.460 e. The highest BCUT2D eigenvalue weighted by atomic mass is 79.9. The summed E-state index contributed by atoms with van der Waals surface area (Å²) >= 11 is 3.38. The first-order chi connectivity index (χ1) is 9.19. The predicted octanol–water partition coefficient (Wildman–Crippen LogP) is 3.48. The molecule has 0 fully saturated rings. The van der Waals surface area contributed by atoms with Crippen LogP contribution in [0.4, 0.5) is 0 Å². The average molecular weight is 321 g/mol. The van der Waals surface area contributed by atoms with Crippen LogP contribution in [-0.4, -0.2) is 18.4 Å². The van der Waals surface area contributed by atoms with Gasteiger partial charge in [0.25, 0.3) is 5.78 Å². The van der Waals surface area contributed by atoms with Crippen LogP contribution in [0.2, 0.25) is 0 Å². The summed E-state index contributed by atoms with van der Waals surface area (Å²) in [7, 11) is 0. The van der Waals surface area contributed by atoms with Gasteiger partial charge in [0.05, 0.1) is 6.61 Å². The first kappa shape index (κ1) is 13.7. The molecule has 0 bridgehead atoms. The Hall–Kier alpha value is -1.68. The first-order valence-electron chi connectivity index (χ1n) is 5.97. The van der Waals surface area contributed by atoms with Gasteiger partial charge in [0.2, 0.25) is 0 Å². The summed E-state index contributed by atoms with van der Waals surface area (Å²) in [5, 5.41) is 2.52. The van der Waals surface area contributed by atoms with E-state index in [2.05, 4.69) is 15.9 Å². The van der Waals surface area contributed by atoms with Crippen LogP contribution in [0.25, 0.3) is 10.8 Å². The molecule has 0 aliphatic heterocycles. The number of ketones is 1. The molecule has 0 aromatic heterocycles. The van der Waals surface area contributed by atoms with Crippen LogP contribution in [0.5, 0.6) is 0 Å². The van der Waals surface area contributed by atoms with Crippen LogP contribution in [0.3, 0.4) is 0 Å². The summed E-state index contributed by atoms with van der Waals surface area (Å²) in [5.41, 5.74) is 1.21. The minimum absolute atomic E-state index is 0.196. The summed E-state index contributed by atoms with van der Waals surface area (Å²) in [5.74, 6) is -1.40. The van der Waals surface area contributed by atoms with Gasteiger partial charge in [-0.3, -0.25) is 4.79 Å². The highest BCUT2D eigenvalue weighted by Crippen LogP contribution is 2.25. The molecule has 0 aliphatic rings. The van der Waals surface area contributed by atoms with Gasteiger partial charge in [-0.1, -0.05) is 46.3 Å². The molecule has 0 N–H and O–H groups in total. The molecule has 19 heavy (non-hydrogen) atoms. The van der Waals surface area contributed by atoms with Gasteiger partial charge in [-0.15, -0.1) is 0 Å². The highest BCUT2D eigenvalue weighted by Gasteiger charge is 2.21. The number of alkyl halides is 1. The van der Waals surface area contributed by atoms with Gasteiger partial charge < -0.3 is 4.74 Å². The third-order valence-electron chi connectivity index (χ3n) is 2.88. The summed E-state index contributed by atoms with van der Waals surface area (Å²) in [6.45, 7) is 1.87. The third-order valence-corrected chi connectivity index (χ3v) is 3.44. The summed E-state index contributed by atoms with van der Waals surface area (Å²) < 4.78 is 4.77. The molecule has 0 aliphatic carbocycles. The average Bonchev–Trinajstić information content (AvgIpc) is 2.45. The zero-order chi connectivity index (χ0) is 13.8. The number of benzene rings is 2. The topological polar surface area (TPSA) is 43.4 Å². The van der Waals surface area contributed by atoms with Gasteiger partial charge in [-0.25, -0.2) is 4.79 Å². The maximum atomic E-state index is 12.1. The van der Waals surface area contributed by atoms with E-state index in [9.17, 15) is 9.59 Å². The molecule has 0 amide bonds. The maximum absolute atomic E-state index is 12.1. The molecule has 0 atom stereocenters. The van der Waals surface area contributed by atoms with E-state index in [1.807, 2.05) is 30.3 Å². The number of hydrogen-bond donors (Lipinski definition) is 0. The Morgan fingerprint density at radius 1 is 1.16 bits per heavy atom. The predicted molar refractivity (Wildman–Crippen MR) is 77.5 cm³/mol. The van der Waals surface area contributed by atoms with E-state index in [4.69, 9.17) is 4.74 Å². The van der Waals surface area contributed by atoms with Gasteiger partial charge in [0, 0.05) is 10.9 Å². The Labute approximate surface area is 119 Å². The van der Waals surface area contributed by atoms with Crippen molar-refractivity contribution in [3.05, 3.63) is 47.5 Å². The van der Waals surface area contributed by atoms with Crippen LogP contribution >= 0.6 is 15.9 Å². The highest BCUT2D eigenvalue weighted by molar-refractivity contribution is 9.08. The maximum Gasteiger partial charge on any atom is 0.379 e. The Balaban J connectivity index is 2.55. The Kier molecular flexibility index (Phi) is 4.32. The molecule has 98 valence electrons. The fourth-order valence-corrected chi connectivity index (χ4v) is 2.60. The normalized spacial score (nSPS) is 10.4. The molecule has 0 heterocycles. The molecule has 2 rings (SSSR count). The zero-order valence-electron chi connectivity index (χ0n) is 10.5. The van der Waals surface area contributed by atoms with E-state index < -0.39 is 11.8 Å². The van der Waals surface area contributed by atoms with E-state index >= 15 is 0 Å². The number of esters is 1. The molecule has 2 aromatic rings. The van der Waals surface area contributed by atoms with Crippen LogP contribution in [0.15, 0.2) is 36.4 Å². The second-order valence-corrected chi connectivity index (χ2v) is 4.56. The lowest BCUT2D eigenvalue weighted by Gasteiger charge is -2.09. The molecular weight excluding hydrogens is 308 g/mol. The number of ether oxygens (including phenoxy) is 1. The quantitative estimate of drug-likeness (QED) is 0.375. The van der Waals surface area contributed by atoms with Crippen LogP contribution in [-0.2, 0) is 14.9 Å². The fourth-order valence-electron chi connectivity index (χ4n) is 2.00. The number of fused-ring (bicyclic) bond motifs is 1. The Morgan fingerprint density at radius 2 is 1.89 bits per heavy atom. The monoisotopic (exact) mass is 320 g/mol. The van der Waals surface area contributed by atoms with Gasteiger partial charge in [-0.05, 0) is 29.3 Å². The SMILES string of the molecule is CCOC(=O)C(=O)c1ccc2ccccc2c1CBr. The number of carbonyl (C=O) groups is 2. The minimum atomic E-state index is -0.806. The van der Waals surface area contributed by atoms with Crippen molar-refractivity contribution < 1.29 is 14.3 Å². The number of hydrogen-bond acceptors (Lipinski definition) is 3. The van der Waals surface area contributed by atoms with Gasteiger partial charge >= 0.3 is 5.97 Å². The van der Waals surface area contributed by atoms with Crippen molar-refractivity contribution in [2.75, 3.05) is 6.61 Å². The fraction of sp³-hybridized carbons (Fsp3) is 0.200. The van der Waals surface area contributed by atoms with Crippen LogP contribution in [0.1, 0.15) is 22.8 Å². The standard InChI is InChI=1S/C15H13BrO3/c1-2-19-15(18)14(17)12-8-7-10-5-3-4-6-11(10)13(12)9-16/h3-8H,2,9H2,1H3. The molecular formula is C15H13BrO3. The van der Waals surface area contributed by atoms with Crippen LogP contribution in [0, 0.1) is 0 Å². The van der Waals surface area contributed by atoms with Crippen LogP contribution < -0.4 is 0 Å². The van der Waals surface area contributed by atoms with Crippen molar-refractivity contribution in [1.29, 1.82) is 0 Å². The first-order valence-corrected chi connectivity index (χ1v) is 7.09. The number of carbonyl (C=O) groups excluding carboxylic acids is 2. The van der Waals surface area contributed by atoms with Crippen molar-refractivity contribution in [3.63, 3.8) is 0 Å². The molecule has 0 spiro atoms. The van der Waals surface area contributed by atoms with E-state index in [1.165, 1.54) is 0 Å². The number of rotatable bonds is 4. The number of halogens is 1. The van der Waals surface area contributed by atoms with Crippen molar-refractivity contribution in [2.24, 2.45) is 0 Å². The van der Waals surface area contributed by atoms with Crippen molar-refractivity contribution in [1.82, 2.24) is 0 Å². The third kappa shape index (κ3) is 2.68. The molecule has 0 saturated heterocycles. The van der Waals surface area contributed by atoms with Crippen molar-refractivity contribution in [2.45, 2.75) is 12.3 Å². The molecule has 0 unspecified atom stereocenters. The molecule has 2 aromatic carbocycles. The zero-order valence-corrected chi connectivity index (χ0v) is 12.1. The summed E-state index contributed by atoms with van der Waals surface area (Å²) in [6, 6.07) is 11.3. The second-order valence-electron chi connectivity index (χ2n) is 4.00. The smallest absolute Gasteiger partial charge is 0.379 e. The summed E-state index contributed by atoms with van der Waals surface area (Å²) in [6.07, 6.45) is 0. The van der Waals surface area contributed by atoms with E-state index in [0.29, 0.717) is 10.9 Å². The van der Waals surface area contributed by atoms with Crippen molar-refractivity contribution >= 4 is 38.5 Å². The second kappa shape index (κ2) is 5.97. The minimum Gasteiger partial charge on any atom is -0.460 e. The molecule has 3 nitrogen and oxygen atoms in total. The van der Waals surface area contributed by atoms with E-state index in [1.54, 1.807) is 13.0 Å². The number of Topliss-reactive ketones (excluding diaryl/α,β-unsaturated/α-hetero) is 1. The molecule has 0 saturated carbocycles. The lowest BCUT2D eigenvalue weighted by molar-refractivity contribution is -0.137. The lowest BCUT2D eigenvalue weighted by atomic mass is 9.97. The van der Waals surface area contributed by atoms with Gasteiger partial charge in [-0.2, -0.15) is 0 Å². The van der Waals surface area contributed by atoms with Gasteiger partial charge in [0.1, 0.15) is 0 Å². The van der Waals surface area contributed by atoms with E-state index in [-0.39, 0.29) is 6.61 Å².